The molecule has 0 bridgehead atoms. The summed E-state index contributed by atoms with van der Waals surface area (Å²) in [5.74, 6) is -0.192. The molecule has 75 heavy (non-hydrogen) atoms. The largest absolute Gasteiger partial charge is 0.472 e. The number of nitrogens with zero attached hydrogens (tertiary/aromatic N) is 1. The first kappa shape index (κ1) is 73.2. The van der Waals surface area contributed by atoms with Gasteiger partial charge in [0.15, 0.2) is 0 Å². The molecule has 0 radical (unpaired) electrons. The number of allylic oxidation sites excluding steroid dienone is 9. The van der Waals surface area contributed by atoms with E-state index in [-0.39, 0.29) is 19.1 Å². The van der Waals surface area contributed by atoms with E-state index in [9.17, 15) is 19.4 Å². The highest BCUT2D eigenvalue weighted by Crippen LogP contribution is 2.43. The molecule has 0 aromatic heterocycles. The SMILES string of the molecule is CCCCCCC/C=C\C/C=C\C/C=C\CCCCCCCCCCC(=O)NC(COP(=O)(O)OCC[N+](C)(C)C)C(O)/C=C/CC/C=C/CCCCCCCCCCCCCCCCCCCCCCCCCC. The van der Waals surface area contributed by atoms with Crippen molar-refractivity contribution >= 4 is 13.7 Å². The molecule has 440 valence electrons. The Kier molecular flexibility index (Phi) is 55.5. The standard InChI is InChI=1S/C66H125N2O6P/c1-6-8-10-12-14-16-18-20-22-24-26-28-30-31-32-33-34-35-36-38-39-41-43-45-47-49-51-53-55-57-59-65(69)64(63-74-75(71,72)73-62-61-68(3,4)5)67-66(70)60-58-56-54-52-50-48-46-44-42-40-37-29-27-25-23-21-19-17-15-13-11-9-7-2/h19,21,25,27,37,40,49,51,57,59,64-65,69H,6-18,20,22-24,26,28-36,38-39,41-48,50,52-56,58,60-63H2,1-5H3,(H-,67,70,71,72)/p+1/b21-19-,27-25-,40-37-,51-49+,59-57+. The predicted molar refractivity (Wildman–Crippen MR) is 327 cm³/mol. The monoisotopic (exact) mass is 1070 g/mol. The zero-order chi connectivity index (χ0) is 54.9. The van der Waals surface area contributed by atoms with Gasteiger partial charge in [0.1, 0.15) is 13.2 Å². The second-order valence-electron chi connectivity index (χ2n) is 23.1. The van der Waals surface area contributed by atoms with Crippen molar-refractivity contribution in [2.75, 3.05) is 40.9 Å². The lowest BCUT2D eigenvalue weighted by atomic mass is 10.0. The Morgan fingerprint density at radius 2 is 0.773 bits per heavy atom. The van der Waals surface area contributed by atoms with Gasteiger partial charge in [-0.25, -0.2) is 4.57 Å². The van der Waals surface area contributed by atoms with E-state index in [1.54, 1.807) is 6.08 Å². The molecular formula is C66H126N2O6P+. The van der Waals surface area contributed by atoms with Crippen molar-refractivity contribution in [2.24, 2.45) is 0 Å². The molecule has 0 aliphatic rings. The van der Waals surface area contributed by atoms with Crippen LogP contribution in [-0.4, -0.2) is 73.4 Å². The van der Waals surface area contributed by atoms with Crippen LogP contribution in [0.4, 0.5) is 0 Å². The van der Waals surface area contributed by atoms with Crippen molar-refractivity contribution in [3.8, 4) is 0 Å². The smallest absolute Gasteiger partial charge is 0.387 e. The number of quaternary nitrogens is 1. The third kappa shape index (κ3) is 59.7. The normalized spacial score (nSPS) is 14.2. The lowest BCUT2D eigenvalue weighted by Crippen LogP contribution is -2.45. The quantitative estimate of drug-likeness (QED) is 0.0243. The van der Waals surface area contributed by atoms with E-state index in [4.69, 9.17) is 9.05 Å². The molecule has 0 saturated heterocycles. The fraction of sp³-hybridized carbons (Fsp3) is 0.833. The van der Waals surface area contributed by atoms with Gasteiger partial charge in [0.05, 0.1) is 39.9 Å². The van der Waals surface area contributed by atoms with E-state index in [1.165, 1.54) is 225 Å². The summed E-state index contributed by atoms with van der Waals surface area (Å²) in [6.45, 7) is 4.81. The molecule has 0 heterocycles. The summed E-state index contributed by atoms with van der Waals surface area (Å²) in [7, 11) is 1.55. The van der Waals surface area contributed by atoms with Gasteiger partial charge in [-0.1, -0.05) is 286 Å². The second-order valence-corrected chi connectivity index (χ2v) is 24.6. The number of aliphatic hydroxyl groups excluding tert-OH is 1. The Bertz CT molecular complexity index is 1400. The van der Waals surface area contributed by atoms with Crippen molar-refractivity contribution in [3.63, 3.8) is 0 Å². The Labute approximate surface area is 466 Å². The van der Waals surface area contributed by atoms with Crippen LogP contribution in [0.5, 0.6) is 0 Å². The zero-order valence-electron chi connectivity index (χ0n) is 50.3. The van der Waals surface area contributed by atoms with Crippen LogP contribution in [0.25, 0.3) is 0 Å². The molecule has 0 aliphatic carbocycles. The number of nitrogens with one attached hydrogen (secondary N) is 1. The van der Waals surface area contributed by atoms with Crippen LogP contribution < -0.4 is 5.32 Å². The highest BCUT2D eigenvalue weighted by atomic mass is 31.2. The van der Waals surface area contributed by atoms with E-state index < -0.39 is 20.0 Å². The molecule has 9 heteroatoms. The first-order valence-corrected chi connectivity index (χ1v) is 33.7. The van der Waals surface area contributed by atoms with Gasteiger partial charge >= 0.3 is 7.82 Å². The molecule has 3 unspecified atom stereocenters. The Morgan fingerprint density at radius 3 is 1.16 bits per heavy atom. The van der Waals surface area contributed by atoms with Gasteiger partial charge in [-0.15, -0.1) is 0 Å². The van der Waals surface area contributed by atoms with Crippen molar-refractivity contribution in [1.82, 2.24) is 5.32 Å². The van der Waals surface area contributed by atoms with Crippen molar-refractivity contribution in [3.05, 3.63) is 60.8 Å². The molecule has 1 amide bonds. The van der Waals surface area contributed by atoms with Gasteiger partial charge in [-0.2, -0.15) is 0 Å². The average Bonchev–Trinajstić information content (AvgIpc) is 3.37. The third-order valence-corrected chi connectivity index (χ3v) is 15.4. The molecule has 0 aliphatic heterocycles. The maximum Gasteiger partial charge on any atom is 0.472 e. The summed E-state index contributed by atoms with van der Waals surface area (Å²) in [4.78, 5) is 23.3. The van der Waals surface area contributed by atoms with Crippen LogP contribution in [0, 0.1) is 0 Å². The minimum atomic E-state index is -4.36. The van der Waals surface area contributed by atoms with Crippen LogP contribution in [0.1, 0.15) is 303 Å². The van der Waals surface area contributed by atoms with Crippen LogP contribution in [-0.2, 0) is 18.4 Å². The van der Waals surface area contributed by atoms with Gasteiger partial charge in [-0.05, 0) is 70.6 Å². The molecule has 0 aromatic carbocycles. The molecule has 0 fully saturated rings. The van der Waals surface area contributed by atoms with E-state index in [1.807, 2.05) is 27.2 Å². The predicted octanol–water partition coefficient (Wildman–Crippen LogP) is 20.0. The molecule has 0 spiro atoms. The molecular weight excluding hydrogens is 948 g/mol. The van der Waals surface area contributed by atoms with Gasteiger partial charge in [-0.3, -0.25) is 13.8 Å². The third-order valence-electron chi connectivity index (χ3n) is 14.5. The number of hydrogen-bond acceptors (Lipinski definition) is 5. The molecule has 0 rings (SSSR count). The lowest BCUT2D eigenvalue weighted by molar-refractivity contribution is -0.870. The van der Waals surface area contributed by atoms with Crippen LogP contribution in [0.15, 0.2) is 60.8 Å². The van der Waals surface area contributed by atoms with Gasteiger partial charge in [0.2, 0.25) is 5.91 Å². The van der Waals surface area contributed by atoms with Crippen LogP contribution in [0.3, 0.4) is 0 Å². The van der Waals surface area contributed by atoms with E-state index >= 15 is 0 Å². The molecule has 0 aromatic rings. The summed E-state index contributed by atoms with van der Waals surface area (Å²) in [5, 5.41) is 14.0. The maximum absolute atomic E-state index is 13.0. The summed E-state index contributed by atoms with van der Waals surface area (Å²) >= 11 is 0. The first-order valence-electron chi connectivity index (χ1n) is 32.2. The van der Waals surface area contributed by atoms with Crippen molar-refractivity contribution in [1.29, 1.82) is 0 Å². The van der Waals surface area contributed by atoms with Crippen LogP contribution >= 0.6 is 7.82 Å². The van der Waals surface area contributed by atoms with Gasteiger partial charge in [0.25, 0.3) is 0 Å². The van der Waals surface area contributed by atoms with Crippen molar-refractivity contribution in [2.45, 2.75) is 315 Å². The van der Waals surface area contributed by atoms with Gasteiger partial charge in [0, 0.05) is 6.42 Å². The molecule has 8 nitrogen and oxygen atoms in total. The average molecular weight is 1070 g/mol. The highest BCUT2D eigenvalue weighted by Gasteiger charge is 2.27. The minimum absolute atomic E-state index is 0.0529. The molecule has 3 atom stereocenters. The number of hydrogen-bond donors (Lipinski definition) is 3. The molecule has 0 saturated carbocycles. The summed E-state index contributed by atoms with van der Waals surface area (Å²) in [6, 6.07) is -0.872. The Balaban J connectivity index is 4.18. The summed E-state index contributed by atoms with van der Waals surface area (Å²) in [5.41, 5.74) is 0. The van der Waals surface area contributed by atoms with Gasteiger partial charge < -0.3 is 19.8 Å². The number of amides is 1. The molecule has 3 N–H and O–H groups in total. The number of rotatable bonds is 59. The minimum Gasteiger partial charge on any atom is -0.387 e. The summed E-state index contributed by atoms with van der Waals surface area (Å²) in [6.07, 6.45) is 77.8. The first-order chi connectivity index (χ1) is 36.5. The fourth-order valence-corrected chi connectivity index (χ4v) is 10.2. The topological polar surface area (TPSA) is 105 Å². The second kappa shape index (κ2) is 56.9. The zero-order valence-corrected chi connectivity index (χ0v) is 51.2. The van der Waals surface area contributed by atoms with Crippen LogP contribution in [0.2, 0.25) is 0 Å². The highest BCUT2D eigenvalue weighted by molar-refractivity contribution is 7.47. The summed E-state index contributed by atoms with van der Waals surface area (Å²) < 4.78 is 23.7. The van der Waals surface area contributed by atoms with Crippen molar-refractivity contribution < 1.29 is 32.9 Å². The van der Waals surface area contributed by atoms with E-state index in [2.05, 4.69) is 67.8 Å². The van der Waals surface area contributed by atoms with E-state index in [0.29, 0.717) is 17.4 Å². The Hall–Kier alpha value is -1.80. The number of likely N-dealkylation sites (N-methyl/N-ethyl adjacent to an activating group) is 1. The van der Waals surface area contributed by atoms with E-state index in [0.717, 1.165) is 57.8 Å². The number of carbonyl (C=O) groups excluding carboxylic acids is 1. The Morgan fingerprint density at radius 1 is 0.453 bits per heavy atom. The number of phosphoric ester groups is 1. The number of phosphoric acid groups is 1. The fourth-order valence-electron chi connectivity index (χ4n) is 9.42. The lowest BCUT2D eigenvalue weighted by Gasteiger charge is -2.25. The number of unbranched alkanes of at least 4 members (excludes halogenated alkanes) is 38. The number of aliphatic hydroxyl groups is 1. The maximum atomic E-state index is 13.0. The number of carbonyl (C=O) groups is 1.